The van der Waals surface area contributed by atoms with E-state index in [9.17, 15) is 0 Å². The average Bonchev–Trinajstić information content (AvgIpc) is 1.59. The minimum absolute atomic E-state index is 0.354. The van der Waals surface area contributed by atoms with Crippen LogP contribution in [0.4, 0.5) is 0 Å². The standard InChI is InChI=1S/C4H9NO.C2H4O2/c6-3-4-1-5-2-4;1-2(3)4/h4-6H,1-3H2;1H3,(H,3,4). The van der Waals surface area contributed by atoms with Crippen LogP contribution in [0.3, 0.4) is 0 Å². The van der Waals surface area contributed by atoms with Gasteiger partial charge in [0.2, 0.25) is 0 Å². The summed E-state index contributed by atoms with van der Waals surface area (Å²) in [5, 5.41) is 18.8. The minimum Gasteiger partial charge on any atom is -0.481 e. The predicted octanol–water partition coefficient (Wildman–Crippen LogP) is -0.711. The third kappa shape index (κ3) is 5.53. The SMILES string of the molecule is CC(=O)O.OCC1CNC1. The van der Waals surface area contributed by atoms with E-state index < -0.39 is 5.97 Å². The molecule has 0 unspecified atom stereocenters. The van der Waals surface area contributed by atoms with Crippen molar-refractivity contribution in [3.63, 3.8) is 0 Å². The normalized spacial score (nSPS) is 16.6. The van der Waals surface area contributed by atoms with Gasteiger partial charge in [-0.05, 0) is 0 Å². The van der Waals surface area contributed by atoms with Crippen LogP contribution in [0.15, 0.2) is 0 Å². The zero-order valence-electron chi connectivity index (χ0n) is 6.00. The number of hydrogen-bond donors (Lipinski definition) is 3. The molecule has 1 heterocycles. The summed E-state index contributed by atoms with van der Waals surface area (Å²) >= 11 is 0. The van der Waals surface area contributed by atoms with Crippen LogP contribution in [0.1, 0.15) is 6.92 Å². The van der Waals surface area contributed by atoms with Gasteiger partial charge in [-0.15, -0.1) is 0 Å². The highest BCUT2D eigenvalue weighted by atomic mass is 16.4. The van der Waals surface area contributed by atoms with Crippen LogP contribution in [-0.4, -0.2) is 35.9 Å². The van der Waals surface area contributed by atoms with Crippen LogP contribution in [0.2, 0.25) is 0 Å². The number of nitrogens with one attached hydrogen (secondary N) is 1. The second kappa shape index (κ2) is 5.20. The predicted molar refractivity (Wildman–Crippen MR) is 36.8 cm³/mol. The number of aliphatic carboxylic acids is 1. The van der Waals surface area contributed by atoms with E-state index in [2.05, 4.69) is 5.32 Å². The summed E-state index contributed by atoms with van der Waals surface area (Å²) in [5.41, 5.74) is 0. The highest BCUT2D eigenvalue weighted by Crippen LogP contribution is 1.98. The number of aliphatic hydroxyl groups excluding tert-OH is 1. The minimum atomic E-state index is -0.833. The maximum absolute atomic E-state index is 9.00. The second-order valence-corrected chi connectivity index (χ2v) is 2.23. The number of hydrogen-bond acceptors (Lipinski definition) is 3. The lowest BCUT2D eigenvalue weighted by molar-refractivity contribution is -0.134. The smallest absolute Gasteiger partial charge is 0.300 e. The number of rotatable bonds is 1. The molecule has 0 amide bonds. The maximum atomic E-state index is 9.00. The van der Waals surface area contributed by atoms with Gasteiger partial charge in [0.25, 0.3) is 5.97 Å². The van der Waals surface area contributed by atoms with E-state index >= 15 is 0 Å². The third-order valence-corrected chi connectivity index (χ3v) is 1.12. The van der Waals surface area contributed by atoms with Crippen LogP contribution in [0, 0.1) is 5.92 Å². The Balaban J connectivity index is 0.000000180. The van der Waals surface area contributed by atoms with Crippen molar-refractivity contribution in [2.45, 2.75) is 6.92 Å². The van der Waals surface area contributed by atoms with E-state index in [-0.39, 0.29) is 0 Å². The van der Waals surface area contributed by atoms with Gasteiger partial charge in [0, 0.05) is 32.5 Å². The zero-order valence-corrected chi connectivity index (χ0v) is 6.00. The van der Waals surface area contributed by atoms with Gasteiger partial charge in [-0.25, -0.2) is 0 Å². The van der Waals surface area contributed by atoms with Gasteiger partial charge >= 0.3 is 0 Å². The molecule has 10 heavy (non-hydrogen) atoms. The largest absolute Gasteiger partial charge is 0.481 e. The first-order valence-corrected chi connectivity index (χ1v) is 3.18. The van der Waals surface area contributed by atoms with E-state index in [1.165, 1.54) is 0 Å². The van der Waals surface area contributed by atoms with Crippen molar-refractivity contribution in [2.24, 2.45) is 5.92 Å². The maximum Gasteiger partial charge on any atom is 0.300 e. The van der Waals surface area contributed by atoms with E-state index in [4.69, 9.17) is 15.0 Å². The van der Waals surface area contributed by atoms with E-state index in [1.807, 2.05) is 0 Å². The van der Waals surface area contributed by atoms with Crippen LogP contribution in [0.25, 0.3) is 0 Å². The van der Waals surface area contributed by atoms with Crippen LogP contribution >= 0.6 is 0 Å². The molecule has 0 aromatic rings. The molecule has 0 aromatic carbocycles. The van der Waals surface area contributed by atoms with Gasteiger partial charge in [0.05, 0.1) is 0 Å². The van der Waals surface area contributed by atoms with Crippen molar-refractivity contribution < 1.29 is 15.0 Å². The number of carboxylic acid groups (broad SMARTS) is 1. The molecule has 1 saturated heterocycles. The zero-order chi connectivity index (χ0) is 7.98. The first-order chi connectivity index (χ1) is 4.66. The Labute approximate surface area is 59.9 Å². The van der Waals surface area contributed by atoms with E-state index in [0.29, 0.717) is 12.5 Å². The van der Waals surface area contributed by atoms with Gasteiger partial charge in [-0.3, -0.25) is 4.79 Å². The Morgan fingerprint density at radius 3 is 2.10 bits per heavy atom. The average molecular weight is 147 g/mol. The molecule has 1 aliphatic heterocycles. The quantitative estimate of drug-likeness (QED) is 0.458. The van der Waals surface area contributed by atoms with Crippen molar-refractivity contribution in [1.29, 1.82) is 0 Å². The van der Waals surface area contributed by atoms with Crippen LogP contribution < -0.4 is 5.32 Å². The van der Waals surface area contributed by atoms with E-state index in [1.54, 1.807) is 0 Å². The highest BCUT2D eigenvalue weighted by Gasteiger charge is 2.13. The molecular weight excluding hydrogens is 134 g/mol. The molecule has 0 spiro atoms. The molecule has 1 rings (SSSR count). The Morgan fingerprint density at radius 1 is 1.70 bits per heavy atom. The van der Waals surface area contributed by atoms with Crippen molar-refractivity contribution >= 4 is 5.97 Å². The topological polar surface area (TPSA) is 69.6 Å². The lowest BCUT2D eigenvalue weighted by Crippen LogP contribution is -2.43. The summed E-state index contributed by atoms with van der Waals surface area (Å²) < 4.78 is 0. The summed E-state index contributed by atoms with van der Waals surface area (Å²) in [6.45, 7) is 3.46. The van der Waals surface area contributed by atoms with E-state index in [0.717, 1.165) is 20.0 Å². The van der Waals surface area contributed by atoms with Gasteiger partial charge in [0.1, 0.15) is 0 Å². The third-order valence-electron chi connectivity index (χ3n) is 1.12. The van der Waals surface area contributed by atoms with Crippen molar-refractivity contribution in [3.05, 3.63) is 0 Å². The first kappa shape index (κ1) is 9.39. The molecular formula is C6H13NO3. The summed E-state index contributed by atoms with van der Waals surface area (Å²) in [5.74, 6) is -0.273. The number of aliphatic hydroxyl groups is 1. The molecule has 0 radical (unpaired) electrons. The van der Waals surface area contributed by atoms with Gasteiger partial charge < -0.3 is 15.5 Å². The molecule has 0 aromatic heterocycles. The molecule has 0 saturated carbocycles. The van der Waals surface area contributed by atoms with Crippen molar-refractivity contribution in [1.82, 2.24) is 5.32 Å². The fourth-order valence-corrected chi connectivity index (χ4v) is 0.478. The molecule has 3 N–H and O–H groups in total. The first-order valence-electron chi connectivity index (χ1n) is 3.18. The highest BCUT2D eigenvalue weighted by molar-refractivity contribution is 5.62. The molecule has 1 fully saturated rings. The lowest BCUT2D eigenvalue weighted by Gasteiger charge is -2.24. The molecule has 1 aliphatic rings. The van der Waals surface area contributed by atoms with Crippen molar-refractivity contribution in [2.75, 3.05) is 19.7 Å². The fraction of sp³-hybridized carbons (Fsp3) is 0.833. The number of carboxylic acids is 1. The molecule has 60 valence electrons. The van der Waals surface area contributed by atoms with Crippen LogP contribution in [-0.2, 0) is 4.79 Å². The van der Waals surface area contributed by atoms with Crippen molar-refractivity contribution in [3.8, 4) is 0 Å². The Hall–Kier alpha value is -0.610. The fourth-order valence-electron chi connectivity index (χ4n) is 0.478. The summed E-state index contributed by atoms with van der Waals surface area (Å²) in [7, 11) is 0. The molecule has 0 atom stereocenters. The summed E-state index contributed by atoms with van der Waals surface area (Å²) in [6, 6.07) is 0. The number of carbonyl (C=O) groups is 1. The second-order valence-electron chi connectivity index (χ2n) is 2.23. The summed E-state index contributed by atoms with van der Waals surface area (Å²) in [4.78, 5) is 9.00. The van der Waals surface area contributed by atoms with Crippen LogP contribution in [0.5, 0.6) is 0 Å². The molecule has 4 nitrogen and oxygen atoms in total. The lowest BCUT2D eigenvalue weighted by atomic mass is 10.1. The van der Waals surface area contributed by atoms with Gasteiger partial charge in [0.15, 0.2) is 0 Å². The molecule has 4 heteroatoms. The Morgan fingerprint density at radius 2 is 2.10 bits per heavy atom. The van der Waals surface area contributed by atoms with Gasteiger partial charge in [-0.2, -0.15) is 0 Å². The summed E-state index contributed by atoms with van der Waals surface area (Å²) in [6.07, 6.45) is 0. The van der Waals surface area contributed by atoms with Gasteiger partial charge in [-0.1, -0.05) is 0 Å². The Bertz CT molecular complexity index is 94.4. The monoisotopic (exact) mass is 147 g/mol. The molecule has 0 bridgehead atoms. The molecule has 0 aliphatic carbocycles. The Kier molecular flexibility index (Phi) is 4.88.